The molecule has 0 unspecified atom stereocenters. The van der Waals surface area contributed by atoms with Crippen molar-refractivity contribution in [2.45, 2.75) is 19.9 Å². The number of nitrogen functional groups attached to an aromatic ring is 1. The number of ether oxygens (including phenoxy) is 1. The molecule has 0 saturated heterocycles. The van der Waals surface area contributed by atoms with E-state index in [1.807, 2.05) is 32.0 Å². The fourth-order valence-corrected chi connectivity index (χ4v) is 2.16. The number of aryl methyl sites for hydroxylation is 1. The fourth-order valence-electron chi connectivity index (χ4n) is 2.16. The minimum Gasteiger partial charge on any atom is -0.497 e. The van der Waals surface area contributed by atoms with Gasteiger partial charge in [-0.05, 0) is 37.6 Å². The van der Waals surface area contributed by atoms with E-state index in [2.05, 4.69) is 11.4 Å². The van der Waals surface area contributed by atoms with Crippen molar-refractivity contribution in [3.05, 3.63) is 59.2 Å². The van der Waals surface area contributed by atoms with Crippen LogP contribution in [0.5, 0.6) is 5.75 Å². The highest BCUT2D eigenvalue weighted by atomic mass is 16.5. The first kappa shape index (κ1) is 14.9. The molecule has 4 heteroatoms. The number of hydrogen-bond acceptors (Lipinski definition) is 3. The van der Waals surface area contributed by atoms with E-state index in [0.717, 1.165) is 11.1 Å². The standard InChI is InChI=1S/C17H20N2O2/c1-11-5-4-6-13(9-11)12(2)19-17(20)15-10-14(21-3)7-8-16(15)18/h4-10,12H,18H2,1-3H3,(H,19,20)/t12-/m0/s1. The minimum absolute atomic E-state index is 0.0944. The summed E-state index contributed by atoms with van der Waals surface area (Å²) in [6.07, 6.45) is 0. The van der Waals surface area contributed by atoms with Crippen molar-refractivity contribution in [2.75, 3.05) is 12.8 Å². The van der Waals surface area contributed by atoms with Gasteiger partial charge >= 0.3 is 0 Å². The smallest absolute Gasteiger partial charge is 0.253 e. The first-order valence-corrected chi connectivity index (χ1v) is 6.82. The summed E-state index contributed by atoms with van der Waals surface area (Å²) in [6, 6.07) is 13.0. The summed E-state index contributed by atoms with van der Waals surface area (Å²) in [5.41, 5.74) is 8.95. The maximum absolute atomic E-state index is 12.4. The summed E-state index contributed by atoms with van der Waals surface area (Å²) in [6.45, 7) is 3.97. The molecule has 0 radical (unpaired) electrons. The number of methoxy groups -OCH3 is 1. The second-order valence-corrected chi connectivity index (χ2v) is 5.06. The Hall–Kier alpha value is -2.49. The summed E-state index contributed by atoms with van der Waals surface area (Å²) in [5, 5.41) is 2.96. The molecule has 0 fully saturated rings. The van der Waals surface area contributed by atoms with Crippen molar-refractivity contribution in [1.82, 2.24) is 5.32 Å². The summed E-state index contributed by atoms with van der Waals surface area (Å²) in [4.78, 5) is 12.4. The molecule has 0 bridgehead atoms. The van der Waals surface area contributed by atoms with E-state index in [1.54, 1.807) is 25.3 Å². The van der Waals surface area contributed by atoms with Crippen molar-refractivity contribution >= 4 is 11.6 Å². The number of amides is 1. The van der Waals surface area contributed by atoms with Gasteiger partial charge in [-0.25, -0.2) is 0 Å². The van der Waals surface area contributed by atoms with Crippen LogP contribution in [0.15, 0.2) is 42.5 Å². The van der Waals surface area contributed by atoms with Gasteiger partial charge in [0.2, 0.25) is 0 Å². The number of rotatable bonds is 4. The number of carbonyl (C=O) groups is 1. The highest BCUT2D eigenvalue weighted by Crippen LogP contribution is 2.21. The Morgan fingerprint density at radius 3 is 2.67 bits per heavy atom. The third-order valence-corrected chi connectivity index (χ3v) is 3.39. The number of nitrogens with two attached hydrogens (primary N) is 1. The van der Waals surface area contributed by atoms with E-state index in [9.17, 15) is 4.79 Å². The third-order valence-electron chi connectivity index (χ3n) is 3.39. The van der Waals surface area contributed by atoms with E-state index in [1.165, 1.54) is 0 Å². The van der Waals surface area contributed by atoms with Crippen LogP contribution < -0.4 is 15.8 Å². The number of carbonyl (C=O) groups excluding carboxylic acids is 1. The number of nitrogens with one attached hydrogen (secondary N) is 1. The van der Waals surface area contributed by atoms with E-state index < -0.39 is 0 Å². The Morgan fingerprint density at radius 1 is 1.24 bits per heavy atom. The highest BCUT2D eigenvalue weighted by Gasteiger charge is 2.14. The molecule has 2 rings (SSSR count). The highest BCUT2D eigenvalue weighted by molar-refractivity contribution is 5.99. The molecule has 0 saturated carbocycles. The maximum atomic E-state index is 12.4. The molecule has 0 aromatic heterocycles. The Kier molecular flexibility index (Phi) is 4.48. The van der Waals surface area contributed by atoms with Gasteiger partial charge in [-0.15, -0.1) is 0 Å². The van der Waals surface area contributed by atoms with Crippen LogP contribution in [-0.4, -0.2) is 13.0 Å². The van der Waals surface area contributed by atoms with E-state index >= 15 is 0 Å². The van der Waals surface area contributed by atoms with Gasteiger partial charge in [0.25, 0.3) is 5.91 Å². The monoisotopic (exact) mass is 284 g/mol. The zero-order valence-electron chi connectivity index (χ0n) is 12.5. The van der Waals surface area contributed by atoms with Crippen LogP contribution in [0.4, 0.5) is 5.69 Å². The fraction of sp³-hybridized carbons (Fsp3) is 0.235. The van der Waals surface area contributed by atoms with Crippen molar-refractivity contribution < 1.29 is 9.53 Å². The average Bonchev–Trinajstić information content (AvgIpc) is 2.47. The predicted molar refractivity (Wildman–Crippen MR) is 84.5 cm³/mol. The van der Waals surface area contributed by atoms with Gasteiger partial charge in [0, 0.05) is 5.69 Å². The van der Waals surface area contributed by atoms with Crippen molar-refractivity contribution in [3.63, 3.8) is 0 Å². The van der Waals surface area contributed by atoms with Crippen LogP contribution in [0, 0.1) is 6.92 Å². The molecule has 0 aliphatic heterocycles. The van der Waals surface area contributed by atoms with Gasteiger partial charge < -0.3 is 15.8 Å². The molecule has 3 N–H and O–H groups in total. The van der Waals surface area contributed by atoms with Crippen LogP contribution >= 0.6 is 0 Å². The van der Waals surface area contributed by atoms with Crippen LogP contribution in [0.25, 0.3) is 0 Å². The zero-order valence-corrected chi connectivity index (χ0v) is 12.5. The van der Waals surface area contributed by atoms with Gasteiger partial charge in [-0.3, -0.25) is 4.79 Å². The van der Waals surface area contributed by atoms with Gasteiger partial charge in [-0.1, -0.05) is 29.8 Å². The van der Waals surface area contributed by atoms with Crippen LogP contribution in [0.3, 0.4) is 0 Å². The maximum Gasteiger partial charge on any atom is 0.253 e. The molecular weight excluding hydrogens is 264 g/mol. The van der Waals surface area contributed by atoms with Gasteiger partial charge in [0.05, 0.1) is 18.7 Å². The third kappa shape index (κ3) is 3.54. The lowest BCUT2D eigenvalue weighted by Crippen LogP contribution is -2.27. The first-order chi connectivity index (χ1) is 10.0. The molecule has 110 valence electrons. The van der Waals surface area contributed by atoms with Gasteiger partial charge in [0.1, 0.15) is 5.75 Å². The molecule has 1 atom stereocenters. The van der Waals surface area contributed by atoms with Gasteiger partial charge in [-0.2, -0.15) is 0 Å². The minimum atomic E-state index is -0.208. The molecule has 1 amide bonds. The molecule has 0 heterocycles. The summed E-state index contributed by atoms with van der Waals surface area (Å²) < 4.78 is 5.13. The normalized spacial score (nSPS) is 11.8. The summed E-state index contributed by atoms with van der Waals surface area (Å²) in [7, 11) is 1.56. The summed E-state index contributed by atoms with van der Waals surface area (Å²) in [5.74, 6) is 0.401. The quantitative estimate of drug-likeness (QED) is 0.848. The SMILES string of the molecule is COc1ccc(N)c(C(=O)N[C@@H](C)c2cccc(C)c2)c1. The van der Waals surface area contributed by atoms with Crippen LogP contribution in [0.2, 0.25) is 0 Å². The second-order valence-electron chi connectivity index (χ2n) is 5.06. The van der Waals surface area contributed by atoms with Crippen LogP contribution in [0.1, 0.15) is 34.5 Å². The van der Waals surface area contributed by atoms with Crippen molar-refractivity contribution in [1.29, 1.82) is 0 Å². The van der Waals surface area contributed by atoms with Crippen molar-refractivity contribution in [3.8, 4) is 5.75 Å². The second kappa shape index (κ2) is 6.31. The lowest BCUT2D eigenvalue weighted by atomic mass is 10.0. The zero-order chi connectivity index (χ0) is 15.4. The van der Waals surface area contributed by atoms with Gasteiger partial charge in [0.15, 0.2) is 0 Å². The molecule has 4 nitrogen and oxygen atoms in total. The molecular formula is C17H20N2O2. The lowest BCUT2D eigenvalue weighted by molar-refractivity contribution is 0.0940. The Bertz CT molecular complexity index is 653. The molecule has 2 aromatic rings. The number of anilines is 1. The largest absolute Gasteiger partial charge is 0.497 e. The first-order valence-electron chi connectivity index (χ1n) is 6.82. The number of benzene rings is 2. The van der Waals surface area contributed by atoms with E-state index in [0.29, 0.717) is 17.0 Å². The Balaban J connectivity index is 2.18. The predicted octanol–water partition coefficient (Wildman–Crippen LogP) is 3.08. The Morgan fingerprint density at radius 2 is 2.00 bits per heavy atom. The number of hydrogen-bond donors (Lipinski definition) is 2. The Labute approximate surface area is 124 Å². The molecule has 0 aliphatic carbocycles. The van der Waals surface area contributed by atoms with Crippen LogP contribution in [-0.2, 0) is 0 Å². The van der Waals surface area contributed by atoms with Crippen molar-refractivity contribution in [2.24, 2.45) is 0 Å². The molecule has 21 heavy (non-hydrogen) atoms. The lowest BCUT2D eigenvalue weighted by Gasteiger charge is -2.16. The molecule has 0 spiro atoms. The van der Waals surface area contributed by atoms with E-state index in [4.69, 9.17) is 10.5 Å². The average molecular weight is 284 g/mol. The molecule has 2 aromatic carbocycles. The topological polar surface area (TPSA) is 64.3 Å². The summed E-state index contributed by atoms with van der Waals surface area (Å²) >= 11 is 0. The van der Waals surface area contributed by atoms with E-state index in [-0.39, 0.29) is 11.9 Å². The molecule has 0 aliphatic rings.